The molecule has 66 heavy (non-hydrogen) atoms. The molecule has 380 valence electrons. The molecule has 0 radical (unpaired) electrons. The first kappa shape index (κ1) is 59.3. The summed E-state index contributed by atoms with van der Waals surface area (Å²) in [5, 5.41) is 72.0. The molecule has 15 nitrogen and oxygen atoms in total. The molecule has 0 saturated carbocycles. The van der Waals surface area contributed by atoms with Gasteiger partial charge in [-0.05, 0) is 57.8 Å². The van der Waals surface area contributed by atoms with Gasteiger partial charge in [-0.3, -0.25) is 9.59 Å². The molecule has 0 aromatic rings. The van der Waals surface area contributed by atoms with E-state index in [4.69, 9.17) is 28.4 Å². The van der Waals surface area contributed by atoms with E-state index in [1.165, 1.54) is 44.9 Å². The van der Waals surface area contributed by atoms with Crippen LogP contribution in [0.1, 0.15) is 155 Å². The molecule has 2 rings (SSSR count). The molecule has 2 saturated heterocycles. The fourth-order valence-corrected chi connectivity index (χ4v) is 7.46. The Hall–Kier alpha value is -2.80. The molecule has 0 spiro atoms. The summed E-state index contributed by atoms with van der Waals surface area (Å²) < 4.78 is 33.5. The molecule has 2 fully saturated rings. The van der Waals surface area contributed by atoms with Crippen LogP contribution in [-0.2, 0) is 38.0 Å². The topological polar surface area (TPSA) is 231 Å². The summed E-state index contributed by atoms with van der Waals surface area (Å²) in [4.78, 5) is 25.7. The summed E-state index contributed by atoms with van der Waals surface area (Å²) in [5.74, 6) is -0.962. The number of aliphatic hydroxyl groups is 7. The molecule has 15 heteroatoms. The van der Waals surface area contributed by atoms with E-state index in [1.54, 1.807) is 0 Å². The Kier molecular flexibility index (Phi) is 34.2. The van der Waals surface area contributed by atoms with Crippen molar-refractivity contribution in [3.63, 3.8) is 0 Å². The van der Waals surface area contributed by atoms with Crippen LogP contribution < -0.4 is 0 Å². The molecule has 0 aromatic carbocycles. The van der Waals surface area contributed by atoms with Gasteiger partial charge in [0.25, 0.3) is 0 Å². The number of aliphatic hydroxyl groups excluding tert-OH is 7. The van der Waals surface area contributed by atoms with Crippen LogP contribution in [0, 0.1) is 0 Å². The first-order valence-corrected chi connectivity index (χ1v) is 24.9. The van der Waals surface area contributed by atoms with Crippen LogP contribution in [0.15, 0.2) is 60.8 Å². The van der Waals surface area contributed by atoms with E-state index in [2.05, 4.69) is 38.2 Å². The number of ether oxygens (including phenoxy) is 6. The van der Waals surface area contributed by atoms with Gasteiger partial charge < -0.3 is 64.2 Å². The van der Waals surface area contributed by atoms with E-state index in [1.807, 2.05) is 36.5 Å². The van der Waals surface area contributed by atoms with Crippen LogP contribution in [0.2, 0.25) is 0 Å². The molecule has 2 aliphatic rings. The minimum absolute atomic E-state index is 0.136. The number of esters is 2. The van der Waals surface area contributed by atoms with Crippen molar-refractivity contribution in [3.05, 3.63) is 60.8 Å². The van der Waals surface area contributed by atoms with Gasteiger partial charge in [0.2, 0.25) is 0 Å². The Morgan fingerprint density at radius 2 is 0.970 bits per heavy atom. The summed E-state index contributed by atoms with van der Waals surface area (Å²) in [7, 11) is 0. The Morgan fingerprint density at radius 1 is 0.500 bits per heavy atom. The van der Waals surface area contributed by atoms with E-state index < -0.39 is 99.3 Å². The summed E-state index contributed by atoms with van der Waals surface area (Å²) in [6, 6.07) is 0. The van der Waals surface area contributed by atoms with E-state index >= 15 is 0 Å². The van der Waals surface area contributed by atoms with Crippen LogP contribution >= 0.6 is 0 Å². The Balaban J connectivity index is 1.84. The maximum absolute atomic E-state index is 13.0. The Labute approximate surface area is 394 Å². The van der Waals surface area contributed by atoms with Gasteiger partial charge >= 0.3 is 11.9 Å². The van der Waals surface area contributed by atoms with Crippen molar-refractivity contribution in [2.45, 2.75) is 223 Å². The number of carbonyl (C=O) groups excluding carboxylic acids is 2. The minimum atomic E-state index is -1.77. The lowest BCUT2D eigenvalue weighted by Gasteiger charge is -2.42. The van der Waals surface area contributed by atoms with Crippen molar-refractivity contribution in [1.82, 2.24) is 0 Å². The molecule has 2 aliphatic heterocycles. The van der Waals surface area contributed by atoms with Gasteiger partial charge in [0.1, 0.15) is 55.4 Å². The largest absolute Gasteiger partial charge is 0.462 e. The molecule has 0 aromatic heterocycles. The molecule has 0 amide bonds. The summed E-state index contributed by atoms with van der Waals surface area (Å²) >= 11 is 0. The monoisotopic (exact) mass is 939 g/mol. The van der Waals surface area contributed by atoms with Crippen LogP contribution in [0.3, 0.4) is 0 Å². The molecular weight excluding hydrogens is 853 g/mol. The Morgan fingerprint density at radius 3 is 1.55 bits per heavy atom. The van der Waals surface area contributed by atoms with Gasteiger partial charge in [0, 0.05) is 12.8 Å². The van der Waals surface area contributed by atoms with E-state index in [0.717, 1.165) is 70.6 Å². The second-order valence-corrected chi connectivity index (χ2v) is 17.3. The predicted molar refractivity (Wildman–Crippen MR) is 252 cm³/mol. The lowest BCUT2D eigenvalue weighted by molar-refractivity contribution is -0.332. The molecule has 2 heterocycles. The smallest absolute Gasteiger partial charge is 0.306 e. The zero-order chi connectivity index (χ0) is 48.2. The number of rotatable bonds is 37. The zero-order valence-corrected chi connectivity index (χ0v) is 39.9. The highest BCUT2D eigenvalue weighted by Gasteiger charge is 2.47. The fourth-order valence-electron chi connectivity index (χ4n) is 7.46. The maximum Gasteiger partial charge on any atom is 0.306 e. The molecule has 4 unspecified atom stereocenters. The molecule has 0 aliphatic carbocycles. The average molecular weight is 939 g/mol. The summed E-state index contributed by atoms with van der Waals surface area (Å²) in [6.45, 7) is 2.39. The van der Waals surface area contributed by atoms with E-state index in [9.17, 15) is 45.3 Å². The number of hydrogen-bond acceptors (Lipinski definition) is 15. The van der Waals surface area contributed by atoms with E-state index in [-0.39, 0.29) is 19.4 Å². The molecule has 11 atom stereocenters. The molecular formula is C51H86O15. The number of allylic oxidation sites excluding steroid dienone is 10. The normalized spacial score (nSPS) is 26.7. The predicted octanol–water partition coefficient (Wildman–Crippen LogP) is 6.49. The first-order chi connectivity index (χ1) is 32.0. The maximum atomic E-state index is 13.0. The van der Waals surface area contributed by atoms with Crippen molar-refractivity contribution in [2.75, 3.05) is 26.4 Å². The van der Waals surface area contributed by atoms with Gasteiger partial charge in [-0.2, -0.15) is 0 Å². The van der Waals surface area contributed by atoms with Crippen molar-refractivity contribution in [1.29, 1.82) is 0 Å². The number of hydrogen-bond donors (Lipinski definition) is 7. The lowest BCUT2D eigenvalue weighted by atomic mass is 9.98. The molecule has 0 bridgehead atoms. The summed E-state index contributed by atoms with van der Waals surface area (Å²) in [6.07, 6.45) is 25.3. The quantitative estimate of drug-likeness (QED) is 0.0153. The van der Waals surface area contributed by atoms with Crippen LogP contribution in [0.5, 0.6) is 0 Å². The second-order valence-electron chi connectivity index (χ2n) is 17.3. The highest BCUT2D eigenvalue weighted by molar-refractivity contribution is 5.70. The highest BCUT2D eigenvalue weighted by atomic mass is 16.7. The van der Waals surface area contributed by atoms with Gasteiger partial charge in [-0.25, -0.2) is 0 Å². The highest BCUT2D eigenvalue weighted by Crippen LogP contribution is 2.26. The standard InChI is InChI=1S/C51H86O15/c1-3-5-7-9-11-13-15-17-19-21-23-25-27-29-31-33-42(53)61-36-39(64-43(54)34-32-30-28-26-24-22-20-18-16-14-12-10-8-6-4-2)37-62-50-49(60)47(58)45(56)41(66-50)38-63-51-48(59)46(57)44(55)40(35-52)65-51/h6,8,10,12-16,18,20,39-41,44-52,55-60H,3-5,7,9,11,17,19,21-38H2,1-2H3/b8-6+,12-10+,15-13+,16-14+,20-18+/t39-,40-,41-,44+,45+,46?,47?,48?,49?,50-,51-/m1/s1. The van der Waals surface area contributed by atoms with Crippen LogP contribution in [-0.4, -0.2) is 142 Å². The second kappa shape index (κ2) is 38.1. The van der Waals surface area contributed by atoms with Crippen molar-refractivity contribution >= 4 is 11.9 Å². The van der Waals surface area contributed by atoms with Crippen LogP contribution in [0.25, 0.3) is 0 Å². The third kappa shape index (κ3) is 26.1. The van der Waals surface area contributed by atoms with Crippen molar-refractivity contribution < 1.29 is 73.8 Å². The van der Waals surface area contributed by atoms with Crippen LogP contribution in [0.4, 0.5) is 0 Å². The van der Waals surface area contributed by atoms with Gasteiger partial charge in [0.05, 0.1) is 19.8 Å². The first-order valence-electron chi connectivity index (χ1n) is 24.9. The average Bonchev–Trinajstić information content (AvgIpc) is 3.31. The van der Waals surface area contributed by atoms with Crippen molar-refractivity contribution in [2.24, 2.45) is 0 Å². The van der Waals surface area contributed by atoms with Gasteiger partial charge in [-0.15, -0.1) is 0 Å². The third-order valence-corrected chi connectivity index (χ3v) is 11.6. The minimum Gasteiger partial charge on any atom is -0.462 e. The van der Waals surface area contributed by atoms with Crippen molar-refractivity contribution in [3.8, 4) is 0 Å². The van der Waals surface area contributed by atoms with E-state index in [0.29, 0.717) is 12.8 Å². The van der Waals surface area contributed by atoms with Gasteiger partial charge in [-0.1, -0.05) is 145 Å². The van der Waals surface area contributed by atoms with Gasteiger partial charge in [0.15, 0.2) is 18.7 Å². The third-order valence-electron chi connectivity index (χ3n) is 11.6. The SMILES string of the molecule is CC/C=C/C=C/C=C/C=C/CCCCCCCC(=O)O[C@H](COC(=O)CCCCCCCCC/C=C/CCCCCC)CO[C@@H]1O[C@H](CO[C@@H]2O[C@H](CO)[C@H](O)C(O)C2O)[C@H](O)C(O)C1O. The lowest BCUT2D eigenvalue weighted by Crippen LogP contribution is -2.61. The summed E-state index contributed by atoms with van der Waals surface area (Å²) in [5.41, 5.74) is 0. The molecule has 7 N–H and O–H groups in total. The fraction of sp³-hybridized carbons (Fsp3) is 0.765. The number of carbonyl (C=O) groups is 2. The zero-order valence-electron chi connectivity index (χ0n) is 39.9. The Bertz CT molecular complexity index is 1380. The number of unbranched alkanes of at least 4 members (excludes halogenated alkanes) is 16.